The Kier molecular flexibility index (Phi) is 5.88. The molecule has 130 valence electrons. The number of nitrogens with zero attached hydrogens (tertiary/aromatic N) is 1. The number of carbonyl (C=O) groups excluding carboxylic acids is 2. The van der Waals surface area contributed by atoms with Gasteiger partial charge in [0.2, 0.25) is 0 Å². The average molecular weight is 345 g/mol. The maximum Gasteiger partial charge on any atom is 0.325 e. The maximum atomic E-state index is 11.8. The van der Waals surface area contributed by atoms with E-state index >= 15 is 0 Å². The predicted molar refractivity (Wildman–Crippen MR) is 88.7 cm³/mol. The van der Waals surface area contributed by atoms with E-state index in [1.807, 2.05) is 0 Å². The highest BCUT2D eigenvalue weighted by atomic mass is 16.6. The van der Waals surface area contributed by atoms with Gasteiger partial charge in [-0.15, -0.1) is 0 Å². The normalized spacial score (nSPS) is 9.80. The molecule has 0 radical (unpaired) electrons. The van der Waals surface area contributed by atoms with Crippen molar-refractivity contribution in [2.24, 2.45) is 0 Å². The highest BCUT2D eigenvalue weighted by Crippen LogP contribution is 2.30. The molecule has 0 aromatic heterocycles. The van der Waals surface area contributed by atoms with E-state index in [2.05, 4.69) is 10.6 Å². The maximum absolute atomic E-state index is 11.8. The summed E-state index contributed by atoms with van der Waals surface area (Å²) in [5.74, 6) is -0.468. The van der Waals surface area contributed by atoms with Crippen molar-refractivity contribution >= 4 is 23.3 Å². The molecule has 2 aromatic rings. The zero-order chi connectivity index (χ0) is 18.2. The van der Waals surface area contributed by atoms with Gasteiger partial charge in [0, 0.05) is 11.8 Å². The number of hydrogen-bond donors (Lipinski definition) is 2. The van der Waals surface area contributed by atoms with Gasteiger partial charge in [-0.2, -0.15) is 0 Å². The number of urea groups is 1. The molecule has 0 fully saturated rings. The second-order valence-electron chi connectivity index (χ2n) is 4.75. The Morgan fingerprint density at radius 2 is 1.84 bits per heavy atom. The molecule has 0 atom stereocenters. The van der Waals surface area contributed by atoms with Crippen molar-refractivity contribution in [1.29, 1.82) is 0 Å². The van der Waals surface area contributed by atoms with E-state index in [0.717, 1.165) is 6.07 Å². The van der Waals surface area contributed by atoms with Crippen LogP contribution in [0.5, 0.6) is 11.5 Å². The second kappa shape index (κ2) is 8.29. The Morgan fingerprint density at radius 1 is 1.12 bits per heavy atom. The molecule has 0 aliphatic heterocycles. The van der Waals surface area contributed by atoms with Crippen LogP contribution in [0, 0.1) is 10.1 Å². The minimum atomic E-state index is -0.720. The van der Waals surface area contributed by atoms with E-state index in [0.29, 0.717) is 5.69 Å². The summed E-state index contributed by atoms with van der Waals surface area (Å²) >= 11 is 0. The number of hydrogen-bond acceptors (Lipinski definition) is 6. The smallest absolute Gasteiger partial charge is 0.325 e. The van der Waals surface area contributed by atoms with E-state index in [4.69, 9.17) is 9.47 Å². The molecule has 2 rings (SSSR count). The number of rotatable bonds is 6. The lowest BCUT2D eigenvalue weighted by atomic mass is 10.3. The summed E-state index contributed by atoms with van der Waals surface area (Å²) in [5, 5.41) is 15.3. The lowest BCUT2D eigenvalue weighted by Gasteiger charge is -2.10. The lowest BCUT2D eigenvalue weighted by Crippen LogP contribution is -2.37. The summed E-state index contributed by atoms with van der Waals surface area (Å²) in [4.78, 5) is 33.6. The SMILES string of the molecule is COc1ccc([N+](=O)[O-])cc1OCC(=O)NC(=O)Nc1ccccc1. The fourth-order valence-electron chi connectivity index (χ4n) is 1.88. The van der Waals surface area contributed by atoms with Gasteiger partial charge in [0.05, 0.1) is 18.1 Å². The molecule has 9 heteroatoms. The second-order valence-corrected chi connectivity index (χ2v) is 4.75. The van der Waals surface area contributed by atoms with Crippen molar-refractivity contribution in [3.8, 4) is 11.5 Å². The topological polar surface area (TPSA) is 120 Å². The van der Waals surface area contributed by atoms with Gasteiger partial charge in [0.1, 0.15) is 0 Å². The number of imide groups is 1. The molecule has 2 aromatic carbocycles. The number of para-hydroxylation sites is 1. The number of benzene rings is 2. The van der Waals surface area contributed by atoms with Crippen molar-refractivity contribution in [2.75, 3.05) is 19.0 Å². The highest BCUT2D eigenvalue weighted by Gasteiger charge is 2.15. The van der Waals surface area contributed by atoms with Gasteiger partial charge in [-0.3, -0.25) is 20.2 Å². The van der Waals surface area contributed by atoms with Crippen molar-refractivity contribution in [2.45, 2.75) is 0 Å². The van der Waals surface area contributed by atoms with E-state index in [9.17, 15) is 19.7 Å². The third kappa shape index (κ3) is 5.20. The van der Waals surface area contributed by atoms with Crippen LogP contribution >= 0.6 is 0 Å². The third-order valence-corrected chi connectivity index (χ3v) is 3.00. The van der Waals surface area contributed by atoms with Crippen LogP contribution in [0.4, 0.5) is 16.2 Å². The monoisotopic (exact) mass is 345 g/mol. The molecular weight excluding hydrogens is 330 g/mol. The molecule has 0 saturated carbocycles. The molecule has 0 aliphatic carbocycles. The Bertz CT molecular complexity index is 779. The first-order valence-electron chi connectivity index (χ1n) is 7.10. The van der Waals surface area contributed by atoms with Crippen LogP contribution in [0.25, 0.3) is 0 Å². The molecular formula is C16H15N3O6. The number of nitro groups is 1. The van der Waals surface area contributed by atoms with Crippen LogP contribution in [-0.4, -0.2) is 30.6 Å². The van der Waals surface area contributed by atoms with Gasteiger partial charge in [-0.05, 0) is 18.2 Å². The number of non-ortho nitro benzene ring substituents is 1. The first kappa shape index (κ1) is 17.7. The molecule has 9 nitrogen and oxygen atoms in total. The van der Waals surface area contributed by atoms with Crippen LogP contribution in [0.2, 0.25) is 0 Å². The highest BCUT2D eigenvalue weighted by molar-refractivity contribution is 6.01. The molecule has 25 heavy (non-hydrogen) atoms. The zero-order valence-corrected chi connectivity index (χ0v) is 13.2. The Balaban J connectivity index is 1.92. The zero-order valence-electron chi connectivity index (χ0n) is 13.2. The number of ether oxygens (including phenoxy) is 2. The van der Waals surface area contributed by atoms with Crippen LogP contribution in [-0.2, 0) is 4.79 Å². The van der Waals surface area contributed by atoms with Gasteiger partial charge in [-0.25, -0.2) is 4.79 Å². The van der Waals surface area contributed by atoms with E-state index in [1.54, 1.807) is 30.3 Å². The van der Waals surface area contributed by atoms with E-state index in [1.165, 1.54) is 19.2 Å². The number of anilines is 1. The van der Waals surface area contributed by atoms with Crippen molar-refractivity contribution in [3.63, 3.8) is 0 Å². The van der Waals surface area contributed by atoms with Crippen LogP contribution in [0.15, 0.2) is 48.5 Å². The van der Waals surface area contributed by atoms with Gasteiger partial charge in [-0.1, -0.05) is 18.2 Å². The van der Waals surface area contributed by atoms with Crippen LogP contribution < -0.4 is 20.1 Å². The first-order chi connectivity index (χ1) is 12.0. The fourth-order valence-corrected chi connectivity index (χ4v) is 1.88. The Hall–Kier alpha value is -3.62. The van der Waals surface area contributed by atoms with Gasteiger partial charge >= 0.3 is 6.03 Å². The molecule has 0 bridgehead atoms. The molecule has 3 amide bonds. The summed E-state index contributed by atoms with van der Waals surface area (Å²) < 4.78 is 10.2. The van der Waals surface area contributed by atoms with Crippen LogP contribution in [0.3, 0.4) is 0 Å². The molecule has 0 spiro atoms. The molecule has 0 heterocycles. The van der Waals surface area contributed by atoms with Crippen molar-refractivity contribution in [1.82, 2.24) is 5.32 Å². The minimum Gasteiger partial charge on any atom is -0.493 e. The summed E-state index contributed by atoms with van der Waals surface area (Å²) in [6.45, 7) is -0.514. The minimum absolute atomic E-state index is 0.0234. The number of methoxy groups -OCH3 is 1. The van der Waals surface area contributed by atoms with Crippen molar-refractivity contribution < 1.29 is 24.0 Å². The molecule has 0 aliphatic rings. The third-order valence-electron chi connectivity index (χ3n) is 3.00. The predicted octanol–water partition coefficient (Wildman–Crippen LogP) is 2.33. The number of amides is 3. The molecule has 0 unspecified atom stereocenters. The average Bonchev–Trinajstić information content (AvgIpc) is 2.60. The largest absolute Gasteiger partial charge is 0.493 e. The van der Waals surface area contributed by atoms with E-state index in [-0.39, 0.29) is 17.2 Å². The molecule has 0 saturated heterocycles. The van der Waals surface area contributed by atoms with Gasteiger partial charge < -0.3 is 14.8 Å². The number of nitro benzene ring substituents is 1. The summed E-state index contributed by atoms with van der Waals surface area (Å²) in [7, 11) is 1.36. The quantitative estimate of drug-likeness (QED) is 0.612. The van der Waals surface area contributed by atoms with Crippen LogP contribution in [0.1, 0.15) is 0 Å². The van der Waals surface area contributed by atoms with E-state index < -0.39 is 23.5 Å². The molecule has 2 N–H and O–H groups in total. The summed E-state index contributed by atoms with van der Waals surface area (Å²) in [5.41, 5.74) is 0.312. The number of nitrogens with one attached hydrogen (secondary N) is 2. The first-order valence-corrected chi connectivity index (χ1v) is 7.10. The fraction of sp³-hybridized carbons (Fsp3) is 0.125. The lowest BCUT2D eigenvalue weighted by molar-refractivity contribution is -0.385. The summed E-state index contributed by atoms with van der Waals surface area (Å²) in [6.07, 6.45) is 0. The Morgan fingerprint density at radius 3 is 2.48 bits per heavy atom. The summed E-state index contributed by atoms with van der Waals surface area (Å²) in [6, 6.07) is 11.6. The standard InChI is InChI=1S/C16H15N3O6/c1-24-13-8-7-12(19(22)23)9-14(13)25-10-15(20)18-16(21)17-11-5-3-2-4-6-11/h2-9H,10H2,1H3,(H2,17,18,20,21). The Labute approximate surface area is 142 Å². The number of carbonyl (C=O) groups is 2. The van der Waals surface area contributed by atoms with Gasteiger partial charge in [0.25, 0.3) is 11.6 Å². The van der Waals surface area contributed by atoms with Crippen molar-refractivity contribution in [3.05, 3.63) is 58.6 Å². The van der Waals surface area contributed by atoms with Gasteiger partial charge in [0.15, 0.2) is 18.1 Å².